The monoisotopic (exact) mass is 365 g/mol. The fourth-order valence-electron chi connectivity index (χ4n) is 3.46. The molecule has 2 fully saturated rings. The second-order valence-electron chi connectivity index (χ2n) is 6.14. The zero-order chi connectivity index (χ0) is 16.6. The first-order valence-corrected chi connectivity index (χ1v) is 7.54. The lowest BCUT2D eigenvalue weighted by molar-refractivity contribution is -0.154. The van der Waals surface area contributed by atoms with Gasteiger partial charge in [0.25, 0.3) is 5.91 Å². The number of alkyl halides is 3. The van der Waals surface area contributed by atoms with Gasteiger partial charge in [0.05, 0.1) is 0 Å². The van der Waals surface area contributed by atoms with Crippen molar-refractivity contribution < 1.29 is 22.7 Å². The average Bonchev–Trinajstić information content (AvgIpc) is 3.07. The van der Waals surface area contributed by atoms with Crippen LogP contribution in [0, 0.1) is 11.8 Å². The number of fused-ring (bicyclic) bond motifs is 1. The van der Waals surface area contributed by atoms with E-state index in [-0.39, 0.29) is 41.7 Å². The minimum Gasteiger partial charge on any atom is -0.467 e. The molecule has 0 radical (unpaired) electrons. The number of carbonyl (C=O) groups excluding carboxylic acids is 1. The van der Waals surface area contributed by atoms with Gasteiger partial charge >= 0.3 is 6.18 Å². The summed E-state index contributed by atoms with van der Waals surface area (Å²) in [5, 5.41) is 0. The molecule has 1 aromatic heterocycles. The summed E-state index contributed by atoms with van der Waals surface area (Å²) >= 11 is 0. The zero-order valence-corrected chi connectivity index (χ0v) is 13.6. The van der Waals surface area contributed by atoms with Gasteiger partial charge in [-0.3, -0.25) is 4.79 Å². The summed E-state index contributed by atoms with van der Waals surface area (Å²) in [5.74, 6) is 0.0217. The highest BCUT2D eigenvalue weighted by atomic mass is 35.5. The SMILES string of the molecule is Cl.NC1CCC2CN(C(=O)c3cccnc3OCC(F)(F)F)CC12. The molecular weight excluding hydrogens is 347 g/mol. The van der Waals surface area contributed by atoms with E-state index in [1.165, 1.54) is 18.3 Å². The molecule has 1 saturated heterocycles. The highest BCUT2D eigenvalue weighted by molar-refractivity contribution is 5.96. The van der Waals surface area contributed by atoms with Crippen LogP contribution >= 0.6 is 12.4 Å². The van der Waals surface area contributed by atoms with Crippen LogP contribution in [0.1, 0.15) is 23.2 Å². The van der Waals surface area contributed by atoms with Crippen LogP contribution in [0.2, 0.25) is 0 Å². The van der Waals surface area contributed by atoms with E-state index in [9.17, 15) is 18.0 Å². The lowest BCUT2D eigenvalue weighted by Crippen LogP contribution is -2.34. The molecule has 3 atom stereocenters. The Labute approximate surface area is 143 Å². The minimum atomic E-state index is -4.48. The Morgan fingerprint density at radius 2 is 2.12 bits per heavy atom. The smallest absolute Gasteiger partial charge is 0.422 e. The maximum absolute atomic E-state index is 12.6. The summed E-state index contributed by atoms with van der Waals surface area (Å²) in [7, 11) is 0. The largest absolute Gasteiger partial charge is 0.467 e. The Balaban J connectivity index is 0.00000208. The summed E-state index contributed by atoms with van der Waals surface area (Å²) in [6, 6.07) is 3.04. The van der Waals surface area contributed by atoms with Crippen LogP contribution in [0.25, 0.3) is 0 Å². The lowest BCUT2D eigenvalue weighted by atomic mass is 9.98. The molecule has 1 aliphatic carbocycles. The van der Waals surface area contributed by atoms with E-state index in [1.807, 2.05) is 0 Å². The number of halogens is 4. The van der Waals surface area contributed by atoms with E-state index in [1.54, 1.807) is 4.90 Å². The molecule has 2 aliphatic rings. The number of ether oxygens (including phenoxy) is 1. The number of amides is 1. The minimum absolute atomic E-state index is 0. The van der Waals surface area contributed by atoms with Gasteiger partial charge in [-0.25, -0.2) is 4.98 Å². The summed E-state index contributed by atoms with van der Waals surface area (Å²) in [5.41, 5.74) is 6.11. The standard InChI is InChI=1S/C15H18F3N3O2.ClH/c16-15(17,18)8-23-13-10(2-1-5-20-13)14(22)21-6-9-3-4-12(19)11(9)7-21;/h1-2,5,9,11-12H,3-4,6-8,19H2;1H. The number of hydrogen-bond acceptors (Lipinski definition) is 4. The van der Waals surface area contributed by atoms with Crippen LogP contribution in [0.5, 0.6) is 5.88 Å². The van der Waals surface area contributed by atoms with E-state index >= 15 is 0 Å². The molecule has 1 amide bonds. The van der Waals surface area contributed by atoms with Gasteiger partial charge in [0, 0.05) is 25.3 Å². The maximum atomic E-state index is 12.6. The molecule has 0 aromatic carbocycles. The van der Waals surface area contributed by atoms with Gasteiger partial charge < -0.3 is 15.4 Å². The summed E-state index contributed by atoms with van der Waals surface area (Å²) in [6.45, 7) is -0.344. The zero-order valence-electron chi connectivity index (χ0n) is 12.8. The number of likely N-dealkylation sites (tertiary alicyclic amines) is 1. The van der Waals surface area contributed by atoms with Crippen LogP contribution < -0.4 is 10.5 Å². The fourth-order valence-corrected chi connectivity index (χ4v) is 3.46. The number of aromatic nitrogens is 1. The predicted molar refractivity (Wildman–Crippen MR) is 83.1 cm³/mol. The molecular formula is C15H19ClF3N3O2. The fraction of sp³-hybridized carbons (Fsp3) is 0.600. The number of pyridine rings is 1. The molecule has 1 saturated carbocycles. The Hall–Kier alpha value is -1.54. The van der Waals surface area contributed by atoms with Crippen molar-refractivity contribution in [3.05, 3.63) is 23.9 Å². The predicted octanol–water partition coefficient (Wildman–Crippen LogP) is 2.25. The summed E-state index contributed by atoms with van der Waals surface area (Å²) < 4.78 is 41.6. The number of rotatable bonds is 3. The van der Waals surface area contributed by atoms with Crippen molar-refractivity contribution in [2.45, 2.75) is 25.1 Å². The highest BCUT2D eigenvalue weighted by Gasteiger charge is 2.43. The van der Waals surface area contributed by atoms with Gasteiger partial charge in [-0.1, -0.05) is 0 Å². The third kappa shape index (κ3) is 3.92. The molecule has 5 nitrogen and oxygen atoms in total. The van der Waals surface area contributed by atoms with Crippen LogP contribution in [0.3, 0.4) is 0 Å². The van der Waals surface area contributed by atoms with E-state index in [4.69, 9.17) is 5.73 Å². The first kappa shape index (κ1) is 18.8. The first-order valence-electron chi connectivity index (χ1n) is 7.54. The molecule has 0 bridgehead atoms. The van der Waals surface area contributed by atoms with Crippen molar-refractivity contribution in [1.29, 1.82) is 0 Å². The summed E-state index contributed by atoms with van der Waals surface area (Å²) in [6.07, 6.45) is -1.23. The van der Waals surface area contributed by atoms with E-state index in [2.05, 4.69) is 9.72 Å². The second-order valence-corrected chi connectivity index (χ2v) is 6.14. The van der Waals surface area contributed by atoms with Gasteiger partial charge in [0.15, 0.2) is 6.61 Å². The normalized spacial score (nSPS) is 26.0. The quantitative estimate of drug-likeness (QED) is 0.892. The second kappa shape index (κ2) is 7.14. The molecule has 134 valence electrons. The van der Waals surface area contributed by atoms with Crippen LogP contribution in [0.4, 0.5) is 13.2 Å². The van der Waals surface area contributed by atoms with E-state index in [0.29, 0.717) is 19.0 Å². The van der Waals surface area contributed by atoms with Gasteiger partial charge in [-0.15, -0.1) is 12.4 Å². The van der Waals surface area contributed by atoms with Crippen molar-refractivity contribution in [2.24, 2.45) is 17.6 Å². The van der Waals surface area contributed by atoms with E-state index in [0.717, 1.165) is 12.8 Å². The van der Waals surface area contributed by atoms with Crippen molar-refractivity contribution in [3.8, 4) is 5.88 Å². The molecule has 24 heavy (non-hydrogen) atoms. The number of nitrogens with zero attached hydrogens (tertiary/aromatic N) is 2. The maximum Gasteiger partial charge on any atom is 0.422 e. The third-order valence-electron chi connectivity index (χ3n) is 4.57. The lowest BCUT2D eigenvalue weighted by Gasteiger charge is -2.20. The first-order chi connectivity index (χ1) is 10.8. The Morgan fingerprint density at radius 1 is 1.38 bits per heavy atom. The van der Waals surface area contributed by atoms with Gasteiger partial charge in [0.2, 0.25) is 5.88 Å². The van der Waals surface area contributed by atoms with Gasteiger partial charge in [0.1, 0.15) is 5.56 Å². The van der Waals surface area contributed by atoms with Gasteiger partial charge in [-0.2, -0.15) is 13.2 Å². The molecule has 3 unspecified atom stereocenters. The third-order valence-corrected chi connectivity index (χ3v) is 4.57. The van der Waals surface area contributed by atoms with Crippen LogP contribution in [-0.2, 0) is 0 Å². The highest BCUT2D eigenvalue weighted by Crippen LogP contribution is 2.38. The molecule has 1 aliphatic heterocycles. The van der Waals surface area contributed by atoms with Crippen molar-refractivity contribution in [1.82, 2.24) is 9.88 Å². The van der Waals surface area contributed by atoms with Crippen molar-refractivity contribution in [2.75, 3.05) is 19.7 Å². The summed E-state index contributed by atoms with van der Waals surface area (Å²) in [4.78, 5) is 18.0. The molecule has 1 aromatic rings. The van der Waals surface area contributed by atoms with Crippen molar-refractivity contribution in [3.63, 3.8) is 0 Å². The molecule has 3 rings (SSSR count). The Morgan fingerprint density at radius 3 is 2.79 bits per heavy atom. The number of nitrogens with two attached hydrogens (primary N) is 1. The Bertz CT molecular complexity index is 600. The molecule has 2 N–H and O–H groups in total. The van der Waals surface area contributed by atoms with E-state index < -0.39 is 12.8 Å². The molecule has 9 heteroatoms. The van der Waals surface area contributed by atoms with Crippen LogP contribution in [-0.4, -0.2) is 47.7 Å². The number of carbonyl (C=O) groups is 1. The Kier molecular flexibility index (Phi) is 5.59. The number of hydrogen-bond donors (Lipinski definition) is 1. The van der Waals surface area contributed by atoms with Crippen LogP contribution in [0.15, 0.2) is 18.3 Å². The van der Waals surface area contributed by atoms with Gasteiger partial charge in [-0.05, 0) is 36.8 Å². The van der Waals surface area contributed by atoms with Crippen molar-refractivity contribution >= 4 is 18.3 Å². The molecule has 2 heterocycles. The molecule has 0 spiro atoms. The average molecular weight is 366 g/mol. The topological polar surface area (TPSA) is 68.5 Å².